The van der Waals surface area contributed by atoms with E-state index in [9.17, 15) is 9.59 Å². The SMILES string of the molecule is CCOC(=O)CN(CCOC)C(=O)C(C)Oc1ccc(Cl)cc1Br. The standard InChI is InChI=1S/C16H21BrClNO5/c1-4-23-15(20)10-19(7-8-22-3)16(21)11(2)24-14-6-5-12(18)9-13(14)17/h5-6,9,11H,4,7-8,10H2,1-3H3. The molecule has 0 radical (unpaired) electrons. The first-order valence-corrected chi connectivity index (χ1v) is 8.61. The number of hydrogen-bond acceptors (Lipinski definition) is 5. The van der Waals surface area contributed by atoms with Gasteiger partial charge < -0.3 is 19.1 Å². The molecule has 0 aromatic heterocycles. The number of hydrogen-bond donors (Lipinski definition) is 0. The number of esters is 1. The minimum absolute atomic E-state index is 0.147. The number of methoxy groups -OCH3 is 1. The van der Waals surface area contributed by atoms with E-state index in [1.807, 2.05) is 0 Å². The largest absolute Gasteiger partial charge is 0.480 e. The maximum absolute atomic E-state index is 12.6. The van der Waals surface area contributed by atoms with Crippen molar-refractivity contribution in [1.82, 2.24) is 4.90 Å². The second-order valence-corrected chi connectivity index (χ2v) is 6.18. The van der Waals surface area contributed by atoms with Crippen LogP contribution in [0.4, 0.5) is 0 Å². The Hall–Kier alpha value is -1.31. The van der Waals surface area contributed by atoms with Crippen molar-refractivity contribution in [2.75, 3.05) is 33.4 Å². The van der Waals surface area contributed by atoms with E-state index >= 15 is 0 Å². The van der Waals surface area contributed by atoms with Gasteiger partial charge in [-0.05, 0) is 48.0 Å². The lowest BCUT2D eigenvalue weighted by Crippen LogP contribution is -2.45. The molecule has 0 saturated carbocycles. The van der Waals surface area contributed by atoms with Gasteiger partial charge in [-0.3, -0.25) is 9.59 Å². The maximum atomic E-state index is 12.6. The summed E-state index contributed by atoms with van der Waals surface area (Å²) in [6, 6.07) is 5.01. The minimum Gasteiger partial charge on any atom is -0.480 e. The lowest BCUT2D eigenvalue weighted by molar-refractivity contribution is -0.151. The zero-order valence-electron chi connectivity index (χ0n) is 13.9. The van der Waals surface area contributed by atoms with Crippen LogP contribution in [0.1, 0.15) is 13.8 Å². The van der Waals surface area contributed by atoms with Crippen LogP contribution in [-0.2, 0) is 19.1 Å². The van der Waals surface area contributed by atoms with Crippen molar-refractivity contribution in [3.63, 3.8) is 0 Å². The van der Waals surface area contributed by atoms with Gasteiger partial charge in [-0.15, -0.1) is 0 Å². The van der Waals surface area contributed by atoms with Crippen LogP contribution in [0, 0.1) is 0 Å². The molecule has 0 aliphatic rings. The lowest BCUT2D eigenvalue weighted by Gasteiger charge is -2.25. The average Bonchev–Trinajstić information content (AvgIpc) is 2.53. The summed E-state index contributed by atoms with van der Waals surface area (Å²) in [6.07, 6.45) is -0.784. The fourth-order valence-corrected chi connectivity index (χ4v) is 2.68. The monoisotopic (exact) mass is 421 g/mol. The summed E-state index contributed by atoms with van der Waals surface area (Å²) in [6.45, 7) is 4.02. The van der Waals surface area contributed by atoms with Gasteiger partial charge in [-0.1, -0.05) is 11.6 Å². The van der Waals surface area contributed by atoms with Gasteiger partial charge in [0.25, 0.3) is 5.91 Å². The van der Waals surface area contributed by atoms with Gasteiger partial charge in [-0.2, -0.15) is 0 Å². The Kier molecular flexibility index (Phi) is 9.10. The zero-order chi connectivity index (χ0) is 18.1. The molecule has 1 atom stereocenters. The number of benzene rings is 1. The number of carbonyl (C=O) groups is 2. The minimum atomic E-state index is -0.784. The van der Waals surface area contributed by atoms with Crippen molar-refractivity contribution in [2.24, 2.45) is 0 Å². The molecule has 0 fully saturated rings. The van der Waals surface area contributed by atoms with Crippen molar-refractivity contribution in [3.8, 4) is 5.75 Å². The Morgan fingerprint density at radius 1 is 1.38 bits per heavy atom. The summed E-state index contributed by atoms with van der Waals surface area (Å²) < 4.78 is 16.2. The Labute approximate surface area is 155 Å². The van der Waals surface area contributed by atoms with E-state index in [-0.39, 0.29) is 25.6 Å². The van der Waals surface area contributed by atoms with Crippen LogP contribution < -0.4 is 4.74 Å². The molecular weight excluding hydrogens is 402 g/mol. The van der Waals surface area contributed by atoms with Gasteiger partial charge in [0, 0.05) is 18.7 Å². The summed E-state index contributed by atoms with van der Waals surface area (Å²) in [5.41, 5.74) is 0. The summed E-state index contributed by atoms with van der Waals surface area (Å²) in [7, 11) is 1.53. The smallest absolute Gasteiger partial charge is 0.325 e. The highest BCUT2D eigenvalue weighted by atomic mass is 79.9. The Morgan fingerprint density at radius 2 is 2.08 bits per heavy atom. The van der Waals surface area contributed by atoms with Crippen LogP contribution in [0.25, 0.3) is 0 Å². The Balaban J connectivity index is 2.77. The zero-order valence-corrected chi connectivity index (χ0v) is 16.2. The molecule has 0 N–H and O–H groups in total. The van der Waals surface area contributed by atoms with E-state index < -0.39 is 12.1 Å². The highest BCUT2D eigenvalue weighted by Gasteiger charge is 2.25. The third-order valence-electron chi connectivity index (χ3n) is 3.05. The van der Waals surface area contributed by atoms with Crippen molar-refractivity contribution < 1.29 is 23.8 Å². The molecule has 1 amide bonds. The first kappa shape index (κ1) is 20.7. The van der Waals surface area contributed by atoms with Gasteiger partial charge in [0.2, 0.25) is 0 Å². The lowest BCUT2D eigenvalue weighted by atomic mass is 10.3. The summed E-state index contributed by atoms with van der Waals surface area (Å²) in [5.74, 6) is -0.313. The molecule has 1 aromatic carbocycles. The molecule has 24 heavy (non-hydrogen) atoms. The number of halogens is 2. The van der Waals surface area contributed by atoms with Crippen molar-refractivity contribution in [2.45, 2.75) is 20.0 Å². The van der Waals surface area contributed by atoms with Crippen LogP contribution >= 0.6 is 27.5 Å². The molecule has 1 rings (SSSR count). The van der Waals surface area contributed by atoms with Gasteiger partial charge >= 0.3 is 5.97 Å². The average molecular weight is 423 g/mol. The van der Waals surface area contributed by atoms with Gasteiger partial charge in [-0.25, -0.2) is 0 Å². The van der Waals surface area contributed by atoms with Crippen molar-refractivity contribution in [3.05, 3.63) is 27.7 Å². The van der Waals surface area contributed by atoms with Gasteiger partial charge in [0.05, 0.1) is 17.7 Å². The van der Waals surface area contributed by atoms with Crippen LogP contribution in [0.3, 0.4) is 0 Å². The second kappa shape index (κ2) is 10.5. The summed E-state index contributed by atoms with van der Waals surface area (Å²) >= 11 is 9.22. The predicted octanol–water partition coefficient (Wildman–Crippen LogP) is 2.91. The molecule has 0 aliphatic carbocycles. The van der Waals surface area contributed by atoms with Crippen LogP contribution in [-0.4, -0.2) is 56.3 Å². The molecule has 0 bridgehead atoms. The van der Waals surface area contributed by atoms with E-state index in [1.165, 1.54) is 12.0 Å². The Bertz CT molecular complexity index is 569. The van der Waals surface area contributed by atoms with Crippen molar-refractivity contribution >= 4 is 39.4 Å². The predicted molar refractivity (Wildman–Crippen MR) is 94.3 cm³/mol. The van der Waals surface area contributed by atoms with Crippen molar-refractivity contribution in [1.29, 1.82) is 0 Å². The van der Waals surface area contributed by atoms with Gasteiger partial charge in [0.15, 0.2) is 6.10 Å². The molecule has 0 heterocycles. The van der Waals surface area contributed by atoms with Crippen LogP contribution in [0.5, 0.6) is 5.75 Å². The van der Waals surface area contributed by atoms with Gasteiger partial charge in [0.1, 0.15) is 12.3 Å². The van der Waals surface area contributed by atoms with Crippen LogP contribution in [0.2, 0.25) is 5.02 Å². The van der Waals surface area contributed by atoms with Crippen LogP contribution in [0.15, 0.2) is 22.7 Å². The van der Waals surface area contributed by atoms with E-state index in [0.717, 1.165) is 0 Å². The molecule has 0 saturated heterocycles. The molecule has 8 heteroatoms. The maximum Gasteiger partial charge on any atom is 0.325 e. The summed E-state index contributed by atoms with van der Waals surface area (Å²) in [4.78, 5) is 25.6. The quantitative estimate of drug-likeness (QED) is 0.573. The molecule has 134 valence electrons. The van der Waals surface area contributed by atoms with E-state index in [2.05, 4.69) is 15.9 Å². The van der Waals surface area contributed by atoms with E-state index in [1.54, 1.807) is 32.0 Å². The number of ether oxygens (including phenoxy) is 3. The first-order valence-electron chi connectivity index (χ1n) is 7.44. The molecule has 6 nitrogen and oxygen atoms in total. The normalized spacial score (nSPS) is 11.7. The van der Waals surface area contributed by atoms with E-state index in [0.29, 0.717) is 21.9 Å². The Morgan fingerprint density at radius 3 is 2.67 bits per heavy atom. The first-order chi connectivity index (χ1) is 11.4. The topological polar surface area (TPSA) is 65.1 Å². The third-order valence-corrected chi connectivity index (χ3v) is 3.90. The molecule has 0 spiro atoms. The fraction of sp³-hybridized carbons (Fsp3) is 0.500. The number of nitrogens with zero attached hydrogens (tertiary/aromatic N) is 1. The molecule has 0 aliphatic heterocycles. The second-order valence-electron chi connectivity index (χ2n) is 4.89. The highest BCUT2D eigenvalue weighted by molar-refractivity contribution is 9.10. The highest BCUT2D eigenvalue weighted by Crippen LogP contribution is 2.28. The molecular formula is C16H21BrClNO5. The number of rotatable bonds is 9. The number of carbonyl (C=O) groups excluding carboxylic acids is 2. The molecule has 1 unspecified atom stereocenters. The number of amides is 1. The summed E-state index contributed by atoms with van der Waals surface area (Å²) in [5, 5.41) is 0.553. The third kappa shape index (κ3) is 6.67. The molecule has 1 aromatic rings. The fourth-order valence-electron chi connectivity index (χ4n) is 1.90. The van der Waals surface area contributed by atoms with E-state index in [4.69, 9.17) is 25.8 Å².